The van der Waals surface area contributed by atoms with Crippen molar-refractivity contribution in [2.75, 3.05) is 26.2 Å². The molecule has 0 aromatic carbocycles. The van der Waals surface area contributed by atoms with E-state index in [1.54, 1.807) is 12.4 Å². The van der Waals surface area contributed by atoms with Crippen LogP contribution < -0.4 is 0 Å². The molecule has 0 aliphatic carbocycles. The Balaban J connectivity index is 1.46. The summed E-state index contributed by atoms with van der Waals surface area (Å²) in [5.41, 5.74) is 4.01. The van der Waals surface area contributed by atoms with E-state index in [1.165, 1.54) is 4.90 Å². The molecule has 1 aliphatic rings. The Morgan fingerprint density at radius 1 is 1.17 bits per heavy atom. The molecule has 0 bridgehead atoms. The van der Waals surface area contributed by atoms with Crippen LogP contribution >= 0.6 is 0 Å². The van der Waals surface area contributed by atoms with Gasteiger partial charge in [0.1, 0.15) is 12.2 Å². The summed E-state index contributed by atoms with van der Waals surface area (Å²) in [5, 5.41) is 0. The molecular weight excluding hydrogens is 471 g/mol. The molecule has 0 amide bonds. The third-order valence-corrected chi connectivity index (χ3v) is 8.05. The fraction of sp³-hybridized carbons (Fsp3) is 0.560. The number of alkyl halides is 3. The van der Waals surface area contributed by atoms with Crippen molar-refractivity contribution in [1.29, 1.82) is 0 Å². The highest BCUT2D eigenvalue weighted by Gasteiger charge is 2.33. The second-order valence-electron chi connectivity index (χ2n) is 10.7. The second-order valence-corrected chi connectivity index (χ2v) is 16.3. The highest BCUT2D eigenvalue weighted by molar-refractivity contribution is 6.76. The molecule has 1 aliphatic heterocycles. The molecule has 4 rings (SSSR count). The van der Waals surface area contributed by atoms with Crippen LogP contribution in [0.4, 0.5) is 13.2 Å². The van der Waals surface area contributed by atoms with E-state index in [4.69, 9.17) is 9.72 Å². The number of pyridine rings is 1. The first-order valence-corrected chi connectivity index (χ1v) is 15.9. The maximum atomic E-state index is 12.9. The lowest BCUT2D eigenvalue weighted by Gasteiger charge is -2.33. The molecule has 0 spiro atoms. The van der Waals surface area contributed by atoms with Crippen molar-refractivity contribution in [2.45, 2.75) is 57.9 Å². The average Bonchev–Trinajstić information content (AvgIpc) is 3.18. The number of likely N-dealkylation sites (tertiary alicyclic amines) is 1. The van der Waals surface area contributed by atoms with Crippen molar-refractivity contribution >= 4 is 19.2 Å². The Morgan fingerprint density at radius 3 is 2.77 bits per heavy atom. The van der Waals surface area contributed by atoms with Crippen LogP contribution in [0.5, 0.6) is 0 Å². The highest BCUT2D eigenvalue weighted by Crippen LogP contribution is 2.28. The number of hydrogen-bond donors (Lipinski definition) is 0. The number of ether oxygens (including phenoxy) is 1. The van der Waals surface area contributed by atoms with E-state index in [-0.39, 0.29) is 5.92 Å². The van der Waals surface area contributed by atoms with Crippen LogP contribution in [0.1, 0.15) is 18.5 Å². The molecule has 0 saturated carbocycles. The number of piperidine rings is 1. The average molecular weight is 506 g/mol. The summed E-state index contributed by atoms with van der Waals surface area (Å²) in [5.74, 6) is 0.130. The molecule has 0 radical (unpaired) electrons. The van der Waals surface area contributed by atoms with E-state index in [1.807, 2.05) is 29.0 Å². The third-order valence-electron chi connectivity index (χ3n) is 6.34. The van der Waals surface area contributed by atoms with Gasteiger partial charge < -0.3 is 9.30 Å². The van der Waals surface area contributed by atoms with Crippen LogP contribution in [0, 0.1) is 5.92 Å². The van der Waals surface area contributed by atoms with E-state index in [2.05, 4.69) is 29.6 Å². The number of nitrogens with zero attached hydrogens (tertiary/aromatic N) is 5. The monoisotopic (exact) mass is 505 g/mol. The maximum Gasteiger partial charge on any atom is 0.401 e. The van der Waals surface area contributed by atoms with Gasteiger partial charge in [-0.1, -0.05) is 19.6 Å². The molecular formula is C25H34F3N5OSi. The smallest absolute Gasteiger partial charge is 0.361 e. The molecule has 190 valence electrons. The molecule has 10 heteroatoms. The van der Waals surface area contributed by atoms with Crippen LogP contribution in [-0.4, -0.2) is 64.9 Å². The molecule has 1 saturated heterocycles. The van der Waals surface area contributed by atoms with Gasteiger partial charge in [-0.3, -0.25) is 9.88 Å². The molecule has 35 heavy (non-hydrogen) atoms. The standard InChI is InChI=1S/C25H34F3N5OSi/c1-35(2,3)13-12-34-18-33-11-8-21-24(33)30-15-23(31-21)20-7-4-9-29-22(20)14-19-6-5-10-32(16-19)17-25(26,27)28/h4,7-9,11,15,19H,5-6,10,12-14,16-18H2,1-3H3/t19-/m1/s1. The van der Waals surface area contributed by atoms with Crippen LogP contribution in [-0.2, 0) is 17.9 Å². The summed E-state index contributed by atoms with van der Waals surface area (Å²) in [6.45, 7) is 8.24. The summed E-state index contributed by atoms with van der Waals surface area (Å²) >= 11 is 0. The first kappa shape index (κ1) is 25.8. The van der Waals surface area contributed by atoms with Crippen molar-refractivity contribution in [3.05, 3.63) is 42.5 Å². The summed E-state index contributed by atoms with van der Waals surface area (Å²) in [6.07, 6.45) is 3.53. The summed E-state index contributed by atoms with van der Waals surface area (Å²) in [4.78, 5) is 15.6. The zero-order chi connectivity index (χ0) is 25.1. The van der Waals surface area contributed by atoms with Gasteiger partial charge >= 0.3 is 6.18 Å². The van der Waals surface area contributed by atoms with Gasteiger partial charge in [0.15, 0.2) is 5.65 Å². The first-order chi connectivity index (χ1) is 16.6. The summed E-state index contributed by atoms with van der Waals surface area (Å²) in [6, 6.07) is 6.87. The number of hydrogen-bond acceptors (Lipinski definition) is 5. The number of rotatable bonds is 9. The van der Waals surface area contributed by atoms with Crippen molar-refractivity contribution in [3.8, 4) is 11.3 Å². The first-order valence-electron chi connectivity index (χ1n) is 12.2. The van der Waals surface area contributed by atoms with Gasteiger partial charge in [-0.05, 0) is 56.0 Å². The van der Waals surface area contributed by atoms with Crippen LogP contribution in [0.3, 0.4) is 0 Å². The lowest BCUT2D eigenvalue weighted by atomic mass is 9.91. The Kier molecular flexibility index (Phi) is 7.92. The molecule has 3 aromatic heterocycles. The molecule has 0 unspecified atom stereocenters. The number of fused-ring (bicyclic) bond motifs is 1. The topological polar surface area (TPSA) is 56.1 Å². The van der Waals surface area contributed by atoms with Crippen molar-refractivity contribution < 1.29 is 17.9 Å². The van der Waals surface area contributed by atoms with E-state index >= 15 is 0 Å². The minimum Gasteiger partial charge on any atom is -0.361 e. The van der Waals surface area contributed by atoms with E-state index in [0.717, 1.165) is 53.6 Å². The lowest BCUT2D eigenvalue weighted by Crippen LogP contribution is -2.41. The predicted molar refractivity (Wildman–Crippen MR) is 134 cm³/mol. The number of aromatic nitrogens is 4. The summed E-state index contributed by atoms with van der Waals surface area (Å²) < 4.78 is 46.4. The largest absolute Gasteiger partial charge is 0.401 e. The molecule has 6 nitrogen and oxygen atoms in total. The van der Waals surface area contributed by atoms with Gasteiger partial charge in [-0.25, -0.2) is 9.97 Å². The van der Waals surface area contributed by atoms with E-state index in [0.29, 0.717) is 26.2 Å². The Hall–Kier alpha value is -2.30. The van der Waals surface area contributed by atoms with Crippen LogP contribution in [0.25, 0.3) is 22.4 Å². The molecule has 1 atom stereocenters. The van der Waals surface area contributed by atoms with Crippen molar-refractivity contribution in [1.82, 2.24) is 24.4 Å². The Bertz CT molecular complexity index is 1130. The van der Waals surface area contributed by atoms with Gasteiger partial charge in [0, 0.05) is 39.2 Å². The minimum atomic E-state index is -4.17. The highest BCUT2D eigenvalue weighted by atomic mass is 28.3. The fourth-order valence-corrected chi connectivity index (χ4v) is 5.32. The van der Waals surface area contributed by atoms with Gasteiger partial charge in [-0.15, -0.1) is 0 Å². The predicted octanol–water partition coefficient (Wildman–Crippen LogP) is 5.62. The van der Waals surface area contributed by atoms with Gasteiger partial charge in [-0.2, -0.15) is 13.2 Å². The van der Waals surface area contributed by atoms with Crippen molar-refractivity contribution in [2.24, 2.45) is 5.92 Å². The molecule has 1 fully saturated rings. The van der Waals surface area contributed by atoms with E-state index < -0.39 is 20.8 Å². The SMILES string of the molecule is C[Si](C)(C)CCOCn1ccc2nc(-c3cccnc3C[C@H]3CCCN(CC(F)(F)F)C3)cnc21. The second kappa shape index (κ2) is 10.8. The normalized spacial score (nSPS) is 17.8. The van der Waals surface area contributed by atoms with Gasteiger partial charge in [0.2, 0.25) is 0 Å². The zero-order valence-corrected chi connectivity index (χ0v) is 21.7. The Morgan fingerprint density at radius 2 is 2.00 bits per heavy atom. The quantitative estimate of drug-likeness (QED) is 0.279. The molecule has 3 aromatic rings. The van der Waals surface area contributed by atoms with Gasteiger partial charge in [0.05, 0.1) is 24.1 Å². The Labute approximate surface area is 205 Å². The van der Waals surface area contributed by atoms with Gasteiger partial charge in [0.25, 0.3) is 0 Å². The third kappa shape index (κ3) is 7.34. The van der Waals surface area contributed by atoms with Crippen LogP contribution in [0.2, 0.25) is 25.7 Å². The lowest BCUT2D eigenvalue weighted by molar-refractivity contribution is -0.149. The fourth-order valence-electron chi connectivity index (χ4n) is 4.56. The van der Waals surface area contributed by atoms with Crippen LogP contribution in [0.15, 0.2) is 36.8 Å². The minimum absolute atomic E-state index is 0.130. The summed E-state index contributed by atoms with van der Waals surface area (Å²) in [7, 11) is -1.14. The maximum absolute atomic E-state index is 12.9. The zero-order valence-electron chi connectivity index (χ0n) is 20.7. The van der Waals surface area contributed by atoms with Crippen molar-refractivity contribution in [3.63, 3.8) is 0 Å². The van der Waals surface area contributed by atoms with E-state index in [9.17, 15) is 13.2 Å². The molecule has 0 N–H and O–H groups in total. The number of halogens is 3. The molecule has 4 heterocycles.